The van der Waals surface area contributed by atoms with Crippen molar-refractivity contribution in [1.29, 1.82) is 0 Å². The number of rotatable bonds is 4. The Morgan fingerprint density at radius 2 is 1.65 bits per heavy atom. The van der Waals surface area contributed by atoms with Crippen molar-refractivity contribution in [2.24, 2.45) is 0 Å². The molecule has 0 saturated carbocycles. The van der Waals surface area contributed by atoms with Crippen molar-refractivity contribution >= 4 is 0 Å². The second-order valence-electron chi connectivity index (χ2n) is 5.54. The molecule has 106 valence electrons. The molecular formula is C17H23N3. The number of nitrogens with zero attached hydrogens (tertiary/aromatic N) is 2. The van der Waals surface area contributed by atoms with E-state index < -0.39 is 0 Å². The Bertz CT molecular complexity index is 588. The maximum absolute atomic E-state index is 4.37. The molecule has 1 heterocycles. The fourth-order valence-electron chi connectivity index (χ4n) is 2.33. The van der Waals surface area contributed by atoms with Crippen molar-refractivity contribution in [1.82, 2.24) is 15.3 Å². The summed E-state index contributed by atoms with van der Waals surface area (Å²) in [6.45, 7) is 11.4. The topological polar surface area (TPSA) is 37.8 Å². The third-order valence-electron chi connectivity index (χ3n) is 3.77. The fourth-order valence-corrected chi connectivity index (χ4v) is 2.33. The van der Waals surface area contributed by atoms with Crippen LogP contribution in [-0.4, -0.2) is 9.97 Å². The van der Waals surface area contributed by atoms with E-state index in [2.05, 4.69) is 55.1 Å². The lowest BCUT2D eigenvalue weighted by atomic mass is 9.96. The molecule has 3 nitrogen and oxygen atoms in total. The molecule has 1 atom stereocenters. The van der Waals surface area contributed by atoms with E-state index >= 15 is 0 Å². The highest BCUT2D eigenvalue weighted by molar-refractivity contribution is 5.38. The average molecular weight is 269 g/mol. The molecule has 1 N–H and O–H groups in total. The number of hydrogen-bond acceptors (Lipinski definition) is 3. The van der Waals surface area contributed by atoms with Gasteiger partial charge in [0.1, 0.15) is 0 Å². The molecule has 0 aliphatic rings. The first-order chi connectivity index (χ1) is 9.47. The highest BCUT2D eigenvalue weighted by atomic mass is 14.9. The zero-order valence-corrected chi connectivity index (χ0v) is 13.0. The maximum Gasteiger partial charge on any atom is 0.0724 e. The van der Waals surface area contributed by atoms with Crippen molar-refractivity contribution in [2.45, 2.75) is 47.2 Å². The Morgan fingerprint density at radius 1 is 0.950 bits per heavy atom. The first-order valence-electron chi connectivity index (χ1n) is 7.06. The molecule has 1 aromatic carbocycles. The Balaban J connectivity index is 2.06. The summed E-state index contributed by atoms with van der Waals surface area (Å²) in [5.74, 6) is 0. The predicted molar refractivity (Wildman–Crippen MR) is 82.7 cm³/mol. The summed E-state index contributed by atoms with van der Waals surface area (Å²) in [7, 11) is 0. The second-order valence-corrected chi connectivity index (χ2v) is 5.54. The van der Waals surface area contributed by atoms with E-state index in [0.29, 0.717) is 6.04 Å². The molecule has 0 amide bonds. The predicted octanol–water partition coefficient (Wildman–Crippen LogP) is 3.56. The molecule has 0 radical (unpaired) electrons. The molecule has 3 heteroatoms. The summed E-state index contributed by atoms with van der Waals surface area (Å²) in [5, 5.41) is 3.52. The molecule has 0 bridgehead atoms. The molecule has 2 aromatic rings. The van der Waals surface area contributed by atoms with Crippen LogP contribution in [0.2, 0.25) is 0 Å². The maximum atomic E-state index is 4.37. The summed E-state index contributed by atoms with van der Waals surface area (Å²) in [6, 6.07) is 4.84. The molecule has 0 aliphatic carbocycles. The van der Waals surface area contributed by atoms with E-state index in [-0.39, 0.29) is 0 Å². The van der Waals surface area contributed by atoms with Crippen molar-refractivity contribution in [3.8, 4) is 0 Å². The van der Waals surface area contributed by atoms with Gasteiger partial charge in [-0.15, -0.1) is 0 Å². The lowest BCUT2D eigenvalue weighted by Gasteiger charge is -2.18. The van der Waals surface area contributed by atoms with E-state index in [1.165, 1.54) is 22.3 Å². The van der Waals surface area contributed by atoms with Crippen LogP contribution in [-0.2, 0) is 6.54 Å². The number of hydrogen-bond donors (Lipinski definition) is 1. The highest BCUT2D eigenvalue weighted by Gasteiger charge is 2.10. The van der Waals surface area contributed by atoms with Crippen LogP contribution in [0.1, 0.15) is 46.6 Å². The molecule has 0 aliphatic heterocycles. The number of nitrogens with one attached hydrogen (secondary N) is 1. The first kappa shape index (κ1) is 14.7. The van der Waals surface area contributed by atoms with E-state index in [1.54, 1.807) is 0 Å². The van der Waals surface area contributed by atoms with Gasteiger partial charge in [0.15, 0.2) is 0 Å². The molecular weight excluding hydrogens is 246 g/mol. The van der Waals surface area contributed by atoms with Gasteiger partial charge in [-0.3, -0.25) is 9.97 Å². The Morgan fingerprint density at radius 3 is 2.30 bits per heavy atom. The van der Waals surface area contributed by atoms with Crippen molar-refractivity contribution < 1.29 is 0 Å². The van der Waals surface area contributed by atoms with Crippen LogP contribution in [0.15, 0.2) is 24.5 Å². The minimum Gasteiger partial charge on any atom is -0.304 e. The van der Waals surface area contributed by atoms with Gasteiger partial charge in [0.05, 0.1) is 11.4 Å². The number of benzene rings is 1. The number of aromatic nitrogens is 2. The van der Waals surface area contributed by atoms with Crippen molar-refractivity contribution in [3.63, 3.8) is 0 Å². The molecule has 1 unspecified atom stereocenters. The zero-order chi connectivity index (χ0) is 14.7. The lowest BCUT2D eigenvalue weighted by molar-refractivity contribution is 0.563. The van der Waals surface area contributed by atoms with Gasteiger partial charge in [-0.2, -0.15) is 0 Å². The minimum atomic E-state index is 0.303. The molecule has 20 heavy (non-hydrogen) atoms. The summed E-state index contributed by atoms with van der Waals surface area (Å²) in [6.07, 6.45) is 3.64. The van der Waals surface area contributed by atoms with Crippen LogP contribution in [0.3, 0.4) is 0 Å². The van der Waals surface area contributed by atoms with Crippen LogP contribution >= 0.6 is 0 Å². The van der Waals surface area contributed by atoms with E-state index in [1.807, 2.05) is 19.3 Å². The first-order valence-corrected chi connectivity index (χ1v) is 7.06. The summed E-state index contributed by atoms with van der Waals surface area (Å²) in [4.78, 5) is 8.64. The summed E-state index contributed by atoms with van der Waals surface area (Å²) < 4.78 is 0. The van der Waals surface area contributed by atoms with Crippen LogP contribution in [0.5, 0.6) is 0 Å². The van der Waals surface area contributed by atoms with Gasteiger partial charge in [-0.1, -0.05) is 12.1 Å². The van der Waals surface area contributed by atoms with Crippen molar-refractivity contribution in [3.05, 3.63) is 58.2 Å². The largest absolute Gasteiger partial charge is 0.304 e. The van der Waals surface area contributed by atoms with Gasteiger partial charge in [0, 0.05) is 25.0 Å². The van der Waals surface area contributed by atoms with Gasteiger partial charge < -0.3 is 5.32 Å². The van der Waals surface area contributed by atoms with Crippen molar-refractivity contribution in [2.75, 3.05) is 0 Å². The van der Waals surface area contributed by atoms with Gasteiger partial charge in [-0.05, 0) is 56.9 Å². The van der Waals surface area contributed by atoms with E-state index in [9.17, 15) is 0 Å². The van der Waals surface area contributed by atoms with Gasteiger partial charge in [0.2, 0.25) is 0 Å². The highest BCUT2D eigenvalue weighted by Crippen LogP contribution is 2.21. The standard InChI is InChI=1S/C17H23N3/c1-11-6-13(3)17(7-12(11)2)15(5)19-10-16-9-18-14(4)8-20-16/h6-9,15,19H,10H2,1-5H3. The summed E-state index contributed by atoms with van der Waals surface area (Å²) >= 11 is 0. The minimum absolute atomic E-state index is 0.303. The monoisotopic (exact) mass is 269 g/mol. The summed E-state index contributed by atoms with van der Waals surface area (Å²) in [5.41, 5.74) is 7.31. The van der Waals surface area contributed by atoms with Crippen LogP contribution in [0.25, 0.3) is 0 Å². The normalized spacial score (nSPS) is 12.4. The van der Waals surface area contributed by atoms with Crippen LogP contribution in [0.4, 0.5) is 0 Å². The molecule has 0 spiro atoms. The second kappa shape index (κ2) is 6.14. The molecule has 0 saturated heterocycles. The zero-order valence-electron chi connectivity index (χ0n) is 13.0. The van der Waals surface area contributed by atoms with Gasteiger partial charge in [0.25, 0.3) is 0 Å². The fraction of sp³-hybridized carbons (Fsp3) is 0.412. The quantitative estimate of drug-likeness (QED) is 0.922. The third kappa shape index (κ3) is 3.42. The van der Waals surface area contributed by atoms with E-state index in [4.69, 9.17) is 0 Å². The van der Waals surface area contributed by atoms with E-state index in [0.717, 1.165) is 17.9 Å². The molecule has 2 rings (SSSR count). The van der Waals surface area contributed by atoms with Crippen LogP contribution in [0, 0.1) is 27.7 Å². The Kier molecular flexibility index (Phi) is 4.50. The Hall–Kier alpha value is -1.74. The number of aryl methyl sites for hydroxylation is 4. The smallest absolute Gasteiger partial charge is 0.0724 e. The third-order valence-corrected chi connectivity index (χ3v) is 3.77. The van der Waals surface area contributed by atoms with Crippen LogP contribution < -0.4 is 5.32 Å². The van der Waals surface area contributed by atoms with Gasteiger partial charge >= 0.3 is 0 Å². The SMILES string of the molecule is Cc1cnc(CNC(C)c2cc(C)c(C)cc2C)cn1. The molecule has 1 aromatic heterocycles. The average Bonchev–Trinajstić information content (AvgIpc) is 2.42. The lowest BCUT2D eigenvalue weighted by Crippen LogP contribution is -2.20. The van der Waals surface area contributed by atoms with Gasteiger partial charge in [-0.25, -0.2) is 0 Å². The Labute approximate surface area is 121 Å². The molecule has 0 fully saturated rings.